The van der Waals surface area contributed by atoms with Crippen molar-refractivity contribution in [3.8, 4) is 33.4 Å². The average molecular weight is 663 g/mol. The number of hydrogen-bond donors (Lipinski definition) is 0. The molecule has 11 aromatic rings. The Labute approximate surface area is 299 Å². The van der Waals surface area contributed by atoms with Gasteiger partial charge >= 0.3 is 0 Å². The van der Waals surface area contributed by atoms with E-state index in [1.54, 1.807) is 0 Å². The SMILES string of the molecule is c1cc(-c2ccc3c(c2)c2ccccc2c2c4ccccc4sc32)cc(-c2c3ccccc3c(-c3cccc4ccccc34)c3ccccc23)c1. The Hall–Kier alpha value is -6.28. The number of fused-ring (bicyclic) bond motifs is 11. The fraction of sp³-hybridized carbons (Fsp3) is 0. The molecule has 10 aromatic carbocycles. The standard InChI is InChI=1S/C50H30S/c1-2-17-35-31(13-1)14-12-25-37(35)48-41-22-7-5-20-39(41)47(40-21-6-8-23-42(40)48)34-16-11-15-32(29-34)33-27-28-43-45(30-33)36-18-3-4-19-38(36)49-44-24-9-10-26-46(44)51-50(43)49/h1-30H. The van der Waals surface area contributed by atoms with Crippen LogP contribution in [0.5, 0.6) is 0 Å². The molecule has 1 aromatic heterocycles. The molecule has 0 N–H and O–H groups in total. The zero-order chi connectivity index (χ0) is 33.5. The lowest BCUT2D eigenvalue weighted by atomic mass is 9.84. The Bertz CT molecular complexity index is 3130. The molecule has 0 spiro atoms. The molecular formula is C50H30S. The van der Waals surface area contributed by atoms with E-state index in [-0.39, 0.29) is 0 Å². The molecule has 236 valence electrons. The first-order chi connectivity index (χ1) is 25.3. The van der Waals surface area contributed by atoms with Crippen LogP contribution in [0.4, 0.5) is 0 Å². The van der Waals surface area contributed by atoms with Gasteiger partial charge in [-0.05, 0) is 100 Å². The van der Waals surface area contributed by atoms with Crippen molar-refractivity contribution < 1.29 is 0 Å². The topological polar surface area (TPSA) is 0 Å². The molecule has 0 radical (unpaired) electrons. The lowest BCUT2D eigenvalue weighted by molar-refractivity contribution is 1.63. The number of benzene rings is 10. The molecule has 0 bridgehead atoms. The van der Waals surface area contributed by atoms with Crippen LogP contribution in [-0.4, -0.2) is 0 Å². The van der Waals surface area contributed by atoms with E-state index in [1.807, 2.05) is 11.3 Å². The lowest BCUT2D eigenvalue weighted by Gasteiger charge is -2.19. The molecular weight excluding hydrogens is 633 g/mol. The van der Waals surface area contributed by atoms with Gasteiger partial charge in [0.1, 0.15) is 0 Å². The minimum absolute atomic E-state index is 1.22. The van der Waals surface area contributed by atoms with Crippen molar-refractivity contribution in [2.45, 2.75) is 0 Å². The fourth-order valence-corrected chi connectivity index (χ4v) is 9.87. The van der Waals surface area contributed by atoms with Crippen LogP contribution in [-0.2, 0) is 0 Å². The zero-order valence-electron chi connectivity index (χ0n) is 27.7. The minimum Gasteiger partial charge on any atom is -0.135 e. The quantitative estimate of drug-likeness (QED) is 0.130. The van der Waals surface area contributed by atoms with Crippen molar-refractivity contribution in [3.63, 3.8) is 0 Å². The van der Waals surface area contributed by atoms with Crippen LogP contribution in [0, 0.1) is 0 Å². The summed E-state index contributed by atoms with van der Waals surface area (Å²) in [6, 6.07) is 67.4. The van der Waals surface area contributed by atoms with E-state index in [1.165, 1.54) is 107 Å². The molecule has 0 aliphatic heterocycles. The van der Waals surface area contributed by atoms with E-state index in [9.17, 15) is 0 Å². The molecule has 11 rings (SSSR count). The molecule has 1 heteroatoms. The molecule has 0 aliphatic rings. The van der Waals surface area contributed by atoms with Gasteiger partial charge < -0.3 is 0 Å². The highest BCUT2D eigenvalue weighted by molar-refractivity contribution is 7.27. The first kappa shape index (κ1) is 28.5. The number of hydrogen-bond acceptors (Lipinski definition) is 1. The first-order valence-corrected chi connectivity index (χ1v) is 18.4. The van der Waals surface area contributed by atoms with Gasteiger partial charge in [-0.3, -0.25) is 0 Å². The Morgan fingerprint density at radius 3 is 1.61 bits per heavy atom. The van der Waals surface area contributed by atoms with Crippen molar-refractivity contribution in [2.24, 2.45) is 0 Å². The van der Waals surface area contributed by atoms with E-state index >= 15 is 0 Å². The van der Waals surface area contributed by atoms with Crippen molar-refractivity contribution in [1.29, 1.82) is 0 Å². The molecule has 0 nitrogen and oxygen atoms in total. The van der Waals surface area contributed by atoms with Gasteiger partial charge in [0, 0.05) is 25.6 Å². The van der Waals surface area contributed by atoms with Crippen LogP contribution in [0.1, 0.15) is 0 Å². The van der Waals surface area contributed by atoms with E-state index in [2.05, 4.69) is 182 Å². The summed E-state index contributed by atoms with van der Waals surface area (Å²) in [6.07, 6.45) is 0. The van der Waals surface area contributed by atoms with Crippen LogP contribution in [0.15, 0.2) is 182 Å². The average Bonchev–Trinajstić information content (AvgIpc) is 3.60. The van der Waals surface area contributed by atoms with E-state index in [4.69, 9.17) is 0 Å². The van der Waals surface area contributed by atoms with E-state index < -0.39 is 0 Å². The summed E-state index contributed by atoms with van der Waals surface area (Å²) in [5, 5.41) is 15.6. The molecule has 0 fully saturated rings. The highest BCUT2D eigenvalue weighted by Gasteiger charge is 2.19. The van der Waals surface area contributed by atoms with Crippen molar-refractivity contribution in [2.75, 3.05) is 0 Å². The largest absolute Gasteiger partial charge is 0.135 e. The van der Waals surface area contributed by atoms with Crippen LogP contribution in [0.2, 0.25) is 0 Å². The van der Waals surface area contributed by atoms with Gasteiger partial charge in [-0.2, -0.15) is 0 Å². The van der Waals surface area contributed by atoms with Gasteiger partial charge in [-0.25, -0.2) is 0 Å². The number of rotatable bonds is 3. The van der Waals surface area contributed by atoms with Gasteiger partial charge in [-0.15, -0.1) is 11.3 Å². The zero-order valence-corrected chi connectivity index (χ0v) is 28.5. The van der Waals surface area contributed by atoms with Gasteiger partial charge in [0.15, 0.2) is 0 Å². The molecule has 0 amide bonds. The van der Waals surface area contributed by atoms with E-state index in [0.29, 0.717) is 0 Å². The Kier molecular flexibility index (Phi) is 6.22. The monoisotopic (exact) mass is 662 g/mol. The number of thiophene rings is 1. The summed E-state index contributed by atoms with van der Waals surface area (Å²) in [5.41, 5.74) is 7.54. The summed E-state index contributed by atoms with van der Waals surface area (Å²) in [7, 11) is 0. The molecule has 51 heavy (non-hydrogen) atoms. The summed E-state index contributed by atoms with van der Waals surface area (Å²) in [6.45, 7) is 0. The molecule has 0 unspecified atom stereocenters. The van der Waals surface area contributed by atoms with Crippen LogP contribution in [0.3, 0.4) is 0 Å². The predicted octanol–water partition coefficient (Wildman–Crippen LogP) is 14.8. The van der Waals surface area contributed by atoms with E-state index in [0.717, 1.165) is 0 Å². The van der Waals surface area contributed by atoms with Gasteiger partial charge in [0.05, 0.1) is 0 Å². The highest BCUT2D eigenvalue weighted by Crippen LogP contribution is 2.47. The second-order valence-corrected chi connectivity index (χ2v) is 14.6. The Morgan fingerprint density at radius 2 is 0.843 bits per heavy atom. The maximum absolute atomic E-state index is 2.42. The third kappa shape index (κ3) is 4.26. The molecule has 0 aliphatic carbocycles. The molecule has 0 saturated carbocycles. The third-order valence-electron chi connectivity index (χ3n) is 10.8. The first-order valence-electron chi connectivity index (χ1n) is 17.6. The van der Waals surface area contributed by atoms with Gasteiger partial charge in [-0.1, -0.05) is 164 Å². The fourth-order valence-electron chi connectivity index (χ4n) is 8.61. The second kappa shape index (κ2) is 11.1. The lowest BCUT2D eigenvalue weighted by Crippen LogP contribution is -1.92. The minimum atomic E-state index is 1.22. The highest BCUT2D eigenvalue weighted by atomic mass is 32.1. The summed E-state index contributed by atoms with van der Waals surface area (Å²) < 4.78 is 2.71. The third-order valence-corrected chi connectivity index (χ3v) is 12.0. The van der Waals surface area contributed by atoms with Crippen molar-refractivity contribution in [3.05, 3.63) is 182 Å². The van der Waals surface area contributed by atoms with Crippen LogP contribution >= 0.6 is 11.3 Å². The molecule has 0 saturated heterocycles. The van der Waals surface area contributed by atoms with Crippen molar-refractivity contribution in [1.82, 2.24) is 0 Å². The second-order valence-electron chi connectivity index (χ2n) is 13.6. The summed E-state index contributed by atoms with van der Waals surface area (Å²) >= 11 is 1.91. The Balaban J connectivity index is 1.15. The Morgan fingerprint density at radius 1 is 0.294 bits per heavy atom. The van der Waals surface area contributed by atoms with Crippen LogP contribution in [0.25, 0.3) is 107 Å². The maximum atomic E-state index is 2.42. The molecule has 1 heterocycles. The van der Waals surface area contributed by atoms with Crippen LogP contribution < -0.4 is 0 Å². The van der Waals surface area contributed by atoms with Gasteiger partial charge in [0.25, 0.3) is 0 Å². The smallest absolute Gasteiger partial charge is 0.0440 e. The normalized spacial score (nSPS) is 11.9. The summed E-state index contributed by atoms with van der Waals surface area (Å²) in [4.78, 5) is 0. The van der Waals surface area contributed by atoms with Gasteiger partial charge in [0.2, 0.25) is 0 Å². The maximum Gasteiger partial charge on any atom is 0.0440 e. The van der Waals surface area contributed by atoms with Crippen molar-refractivity contribution >= 4 is 85.4 Å². The predicted molar refractivity (Wildman–Crippen MR) is 223 cm³/mol. The summed E-state index contributed by atoms with van der Waals surface area (Å²) in [5.74, 6) is 0. The molecule has 0 atom stereocenters.